The van der Waals surface area contributed by atoms with Crippen LogP contribution in [0.5, 0.6) is 5.88 Å². The molecule has 0 aliphatic rings. The maximum absolute atomic E-state index is 5.72. The Bertz CT molecular complexity index is 431. The van der Waals surface area contributed by atoms with Gasteiger partial charge in [0.05, 0.1) is 13.2 Å². The van der Waals surface area contributed by atoms with Gasteiger partial charge in [0, 0.05) is 18.8 Å². The number of hydrogen-bond donors (Lipinski definition) is 2. The van der Waals surface area contributed by atoms with Gasteiger partial charge in [-0.3, -0.25) is 0 Å². The third-order valence-electron chi connectivity index (χ3n) is 2.25. The maximum atomic E-state index is 5.72. The van der Waals surface area contributed by atoms with Crippen LogP contribution in [0.25, 0.3) is 0 Å². The second-order valence-corrected chi connectivity index (χ2v) is 4.37. The zero-order valence-corrected chi connectivity index (χ0v) is 14.4. The van der Waals surface area contributed by atoms with Crippen LogP contribution < -0.4 is 15.8 Å². The van der Waals surface area contributed by atoms with Gasteiger partial charge in [0.25, 0.3) is 0 Å². The molecule has 6 heteroatoms. The van der Waals surface area contributed by atoms with E-state index in [1.807, 2.05) is 19.1 Å². The third-order valence-corrected chi connectivity index (χ3v) is 2.25. The average Bonchev–Trinajstić information content (AvgIpc) is 2.41. The first-order chi connectivity index (χ1) is 9.11. The summed E-state index contributed by atoms with van der Waals surface area (Å²) in [4.78, 5) is 8.42. The Kier molecular flexibility index (Phi) is 9.79. The molecule has 1 aromatic rings. The normalized spacial score (nSPS) is 10.6. The highest BCUT2D eigenvalue weighted by Gasteiger charge is 1.97. The maximum Gasteiger partial charge on any atom is 0.213 e. The van der Waals surface area contributed by atoms with Crippen LogP contribution in [0.3, 0.4) is 0 Å². The number of nitrogens with two attached hydrogens (primary N) is 1. The minimum atomic E-state index is 0. The second-order valence-electron chi connectivity index (χ2n) is 4.37. The van der Waals surface area contributed by atoms with Crippen LogP contribution in [0.4, 0.5) is 0 Å². The lowest BCUT2D eigenvalue weighted by molar-refractivity contribution is 0.305. The van der Waals surface area contributed by atoms with Crippen LogP contribution in [0.2, 0.25) is 0 Å². The van der Waals surface area contributed by atoms with Gasteiger partial charge in [-0.25, -0.2) is 9.98 Å². The summed E-state index contributed by atoms with van der Waals surface area (Å²) >= 11 is 0. The van der Waals surface area contributed by atoms with E-state index in [0.717, 1.165) is 17.6 Å². The Balaban J connectivity index is 0.00000361. The van der Waals surface area contributed by atoms with E-state index in [4.69, 9.17) is 10.5 Å². The molecule has 20 heavy (non-hydrogen) atoms. The summed E-state index contributed by atoms with van der Waals surface area (Å²) in [6.45, 7) is 9.59. The highest BCUT2D eigenvalue weighted by Crippen LogP contribution is 2.08. The molecule has 0 aliphatic heterocycles. The Morgan fingerprint density at radius 3 is 2.80 bits per heavy atom. The predicted molar refractivity (Wildman–Crippen MR) is 93.6 cm³/mol. The monoisotopic (exact) mass is 390 g/mol. The Labute approximate surface area is 137 Å². The fourth-order valence-corrected chi connectivity index (χ4v) is 1.27. The van der Waals surface area contributed by atoms with E-state index >= 15 is 0 Å². The van der Waals surface area contributed by atoms with Crippen molar-refractivity contribution in [2.75, 3.05) is 13.2 Å². The third kappa shape index (κ3) is 7.98. The number of ether oxygens (including phenoxy) is 1. The molecule has 0 aromatic carbocycles. The van der Waals surface area contributed by atoms with E-state index in [0.29, 0.717) is 31.5 Å². The van der Waals surface area contributed by atoms with Crippen LogP contribution in [0, 0.1) is 0 Å². The van der Waals surface area contributed by atoms with Gasteiger partial charge in [-0.2, -0.15) is 0 Å². The average molecular weight is 390 g/mol. The Morgan fingerprint density at radius 2 is 2.25 bits per heavy atom. The van der Waals surface area contributed by atoms with Crippen LogP contribution in [0.1, 0.15) is 25.8 Å². The minimum Gasteiger partial charge on any atom is -0.478 e. The van der Waals surface area contributed by atoms with E-state index in [9.17, 15) is 0 Å². The van der Waals surface area contributed by atoms with Gasteiger partial charge in [-0.15, -0.1) is 24.0 Å². The number of nitrogens with zero attached hydrogens (tertiary/aromatic N) is 2. The lowest BCUT2D eigenvalue weighted by atomic mass is 10.3. The van der Waals surface area contributed by atoms with Crippen molar-refractivity contribution < 1.29 is 4.74 Å². The summed E-state index contributed by atoms with van der Waals surface area (Å²) in [5.74, 6) is 1.05. The van der Waals surface area contributed by atoms with Gasteiger partial charge in [-0.05, 0) is 18.9 Å². The lowest BCUT2D eigenvalue weighted by Crippen LogP contribution is -2.32. The molecule has 0 atom stereocenters. The summed E-state index contributed by atoms with van der Waals surface area (Å²) < 4.78 is 5.41. The van der Waals surface area contributed by atoms with Gasteiger partial charge in [0.1, 0.15) is 0 Å². The second kappa shape index (κ2) is 10.5. The molecular formula is C14H23IN4O. The molecular weight excluding hydrogens is 367 g/mol. The van der Waals surface area contributed by atoms with Crippen LogP contribution in [-0.4, -0.2) is 24.1 Å². The zero-order valence-electron chi connectivity index (χ0n) is 12.1. The fourth-order valence-electron chi connectivity index (χ4n) is 1.27. The number of nitrogens with one attached hydrogen (secondary N) is 1. The predicted octanol–water partition coefficient (Wildman–Crippen LogP) is 2.47. The highest BCUT2D eigenvalue weighted by molar-refractivity contribution is 14.0. The Morgan fingerprint density at radius 1 is 1.50 bits per heavy atom. The molecule has 0 unspecified atom stereocenters. The molecule has 0 aliphatic carbocycles. The fraction of sp³-hybridized carbons (Fsp3) is 0.429. The number of guanidine groups is 1. The van der Waals surface area contributed by atoms with Crippen molar-refractivity contribution in [3.63, 3.8) is 0 Å². The first-order valence-corrected chi connectivity index (χ1v) is 6.37. The number of aromatic nitrogens is 1. The van der Waals surface area contributed by atoms with Crippen molar-refractivity contribution >= 4 is 29.9 Å². The van der Waals surface area contributed by atoms with Crippen molar-refractivity contribution in [3.05, 3.63) is 36.0 Å². The molecule has 0 amide bonds. The molecule has 1 rings (SSSR count). The summed E-state index contributed by atoms with van der Waals surface area (Å²) in [7, 11) is 0. The summed E-state index contributed by atoms with van der Waals surface area (Å²) in [6.07, 6.45) is 2.72. The summed E-state index contributed by atoms with van der Waals surface area (Å²) in [5.41, 5.74) is 7.72. The van der Waals surface area contributed by atoms with E-state index in [1.165, 1.54) is 0 Å². The van der Waals surface area contributed by atoms with Gasteiger partial charge in [0.15, 0.2) is 5.96 Å². The zero-order chi connectivity index (χ0) is 14.1. The van der Waals surface area contributed by atoms with E-state index in [1.54, 1.807) is 6.20 Å². The molecule has 0 saturated carbocycles. The molecule has 0 radical (unpaired) electrons. The van der Waals surface area contributed by atoms with Crippen LogP contribution in [0.15, 0.2) is 35.5 Å². The minimum absolute atomic E-state index is 0. The smallest absolute Gasteiger partial charge is 0.213 e. The number of hydrogen-bond acceptors (Lipinski definition) is 3. The standard InChI is InChI=1S/C14H22N4O.HI/c1-4-7-19-13-6-5-12(9-16-13)10-18-14(15)17-8-11(2)3;/h5-6,9H,2,4,7-8,10H2,1,3H3,(H3,15,17,18);1H. The van der Waals surface area contributed by atoms with Gasteiger partial charge in [0.2, 0.25) is 5.88 Å². The molecule has 1 aromatic heterocycles. The van der Waals surface area contributed by atoms with Crippen molar-refractivity contribution in [1.29, 1.82) is 0 Å². The number of aliphatic imine (C=N–C) groups is 1. The SMILES string of the molecule is C=C(C)CNC(N)=NCc1ccc(OCCC)nc1.I. The van der Waals surface area contributed by atoms with Crippen LogP contribution >= 0.6 is 24.0 Å². The van der Waals surface area contributed by atoms with Crippen molar-refractivity contribution in [2.45, 2.75) is 26.8 Å². The lowest BCUT2D eigenvalue weighted by Gasteiger charge is -2.05. The largest absolute Gasteiger partial charge is 0.478 e. The molecule has 3 N–H and O–H groups in total. The summed E-state index contributed by atoms with van der Waals surface area (Å²) in [5, 5.41) is 2.97. The first-order valence-electron chi connectivity index (χ1n) is 6.37. The number of halogens is 1. The van der Waals surface area contributed by atoms with Crippen LogP contribution in [-0.2, 0) is 6.54 Å². The molecule has 1 heterocycles. The molecule has 0 fully saturated rings. The van der Waals surface area contributed by atoms with Crippen molar-refractivity contribution in [3.8, 4) is 5.88 Å². The Hall–Kier alpha value is -1.31. The number of rotatable bonds is 7. The topological polar surface area (TPSA) is 72.5 Å². The highest BCUT2D eigenvalue weighted by atomic mass is 127. The van der Waals surface area contributed by atoms with Gasteiger partial charge in [-0.1, -0.05) is 25.1 Å². The molecule has 112 valence electrons. The molecule has 0 saturated heterocycles. The summed E-state index contributed by atoms with van der Waals surface area (Å²) in [6, 6.07) is 3.78. The van der Waals surface area contributed by atoms with Gasteiger partial charge < -0.3 is 15.8 Å². The van der Waals surface area contributed by atoms with E-state index in [-0.39, 0.29) is 24.0 Å². The van der Waals surface area contributed by atoms with Crippen molar-refractivity contribution in [2.24, 2.45) is 10.7 Å². The van der Waals surface area contributed by atoms with Gasteiger partial charge >= 0.3 is 0 Å². The molecule has 5 nitrogen and oxygen atoms in total. The van der Waals surface area contributed by atoms with E-state index < -0.39 is 0 Å². The van der Waals surface area contributed by atoms with E-state index in [2.05, 4.69) is 28.8 Å². The molecule has 0 spiro atoms. The van der Waals surface area contributed by atoms with Crippen molar-refractivity contribution in [1.82, 2.24) is 10.3 Å². The number of pyridine rings is 1. The quantitative estimate of drug-likeness (QED) is 0.325. The molecule has 0 bridgehead atoms. The first kappa shape index (κ1) is 18.7.